The molecule has 1 amide bonds. The number of sulfonamides is 2. The van der Waals surface area contributed by atoms with Crippen molar-refractivity contribution in [2.24, 2.45) is 0 Å². The maximum atomic E-state index is 13.0. The molecule has 4 rings (SSSR count). The van der Waals surface area contributed by atoms with Gasteiger partial charge in [0.05, 0.1) is 22.6 Å². The van der Waals surface area contributed by atoms with Crippen LogP contribution in [0.4, 0.5) is 17.3 Å². The van der Waals surface area contributed by atoms with Crippen LogP contribution < -0.4 is 19.5 Å². The van der Waals surface area contributed by atoms with Crippen LogP contribution in [0.3, 0.4) is 0 Å². The molecule has 4 aromatic rings. The quantitative estimate of drug-likeness (QED) is 0.284. The molecule has 0 fully saturated rings. The predicted molar refractivity (Wildman–Crippen MR) is 142 cm³/mol. The first-order valence-corrected chi connectivity index (χ1v) is 14.0. The lowest BCUT2D eigenvalue weighted by Gasteiger charge is -2.14. The molecule has 196 valence electrons. The van der Waals surface area contributed by atoms with Crippen LogP contribution in [0.25, 0.3) is 0 Å². The second-order valence-electron chi connectivity index (χ2n) is 7.94. The van der Waals surface area contributed by atoms with Crippen molar-refractivity contribution in [3.8, 4) is 5.75 Å². The van der Waals surface area contributed by atoms with Gasteiger partial charge in [0.25, 0.3) is 26.0 Å². The van der Waals surface area contributed by atoms with Gasteiger partial charge in [-0.3, -0.25) is 9.52 Å². The molecule has 0 saturated carbocycles. The number of carbonyl (C=O) groups excluding carboxylic acids is 1. The molecule has 0 atom stereocenters. The first-order chi connectivity index (χ1) is 18.1. The molecule has 38 heavy (non-hydrogen) atoms. The Hall–Kier alpha value is -4.49. The van der Waals surface area contributed by atoms with E-state index in [1.807, 2.05) is 0 Å². The minimum Gasteiger partial charge on any atom is -0.495 e. The van der Waals surface area contributed by atoms with Gasteiger partial charge in [-0.15, -0.1) is 0 Å². The molecule has 0 radical (unpaired) electrons. The van der Waals surface area contributed by atoms with Crippen LogP contribution in [0.1, 0.15) is 15.9 Å². The molecule has 3 aromatic carbocycles. The van der Waals surface area contributed by atoms with Gasteiger partial charge in [-0.1, -0.05) is 18.2 Å². The molecule has 0 unspecified atom stereocenters. The van der Waals surface area contributed by atoms with Gasteiger partial charge in [0.1, 0.15) is 5.75 Å². The number of carbonyl (C=O) groups is 1. The summed E-state index contributed by atoms with van der Waals surface area (Å²) in [5.74, 6) is -0.295. The monoisotopic (exact) mass is 553 g/mol. The third-order valence-corrected chi connectivity index (χ3v) is 8.04. The van der Waals surface area contributed by atoms with E-state index in [2.05, 4.69) is 24.7 Å². The van der Waals surface area contributed by atoms with E-state index in [0.29, 0.717) is 17.0 Å². The van der Waals surface area contributed by atoms with E-state index < -0.39 is 26.0 Å². The van der Waals surface area contributed by atoms with Gasteiger partial charge in [0, 0.05) is 23.6 Å². The molecular formula is C25H23N5O6S2. The first kappa shape index (κ1) is 26.6. The summed E-state index contributed by atoms with van der Waals surface area (Å²) in [6, 6.07) is 17.7. The van der Waals surface area contributed by atoms with Crippen molar-refractivity contribution < 1.29 is 26.4 Å². The molecule has 0 aliphatic rings. The van der Waals surface area contributed by atoms with E-state index >= 15 is 0 Å². The highest BCUT2D eigenvalue weighted by molar-refractivity contribution is 7.93. The highest BCUT2D eigenvalue weighted by Gasteiger charge is 2.20. The van der Waals surface area contributed by atoms with Crippen molar-refractivity contribution in [2.45, 2.75) is 16.7 Å². The molecule has 11 nitrogen and oxygen atoms in total. The number of anilines is 3. The summed E-state index contributed by atoms with van der Waals surface area (Å²) in [5, 5.41) is 2.66. The fourth-order valence-electron chi connectivity index (χ4n) is 3.39. The molecule has 13 heteroatoms. The fourth-order valence-corrected chi connectivity index (χ4v) is 5.45. The normalized spacial score (nSPS) is 11.4. The summed E-state index contributed by atoms with van der Waals surface area (Å²) in [5.41, 5.74) is 1.24. The van der Waals surface area contributed by atoms with E-state index in [-0.39, 0.29) is 27.0 Å². The lowest BCUT2D eigenvalue weighted by atomic mass is 10.1. The Morgan fingerprint density at radius 1 is 0.789 bits per heavy atom. The average molecular weight is 554 g/mol. The van der Waals surface area contributed by atoms with Crippen LogP contribution in [0.2, 0.25) is 0 Å². The van der Waals surface area contributed by atoms with Crippen molar-refractivity contribution in [3.05, 3.63) is 96.3 Å². The number of aryl methyl sites for hydroxylation is 1. The second kappa shape index (κ2) is 10.9. The van der Waals surface area contributed by atoms with Crippen LogP contribution in [0.5, 0.6) is 5.75 Å². The number of nitrogens with zero attached hydrogens (tertiary/aromatic N) is 2. The summed E-state index contributed by atoms with van der Waals surface area (Å²) < 4.78 is 61.1. The van der Waals surface area contributed by atoms with Crippen LogP contribution in [-0.4, -0.2) is 39.8 Å². The molecule has 1 heterocycles. The van der Waals surface area contributed by atoms with E-state index in [1.54, 1.807) is 37.3 Å². The molecule has 0 aliphatic carbocycles. The first-order valence-electron chi connectivity index (χ1n) is 11.1. The van der Waals surface area contributed by atoms with Gasteiger partial charge in [-0.25, -0.2) is 31.5 Å². The lowest BCUT2D eigenvalue weighted by Crippen LogP contribution is -2.17. The van der Waals surface area contributed by atoms with E-state index in [4.69, 9.17) is 4.74 Å². The topological polar surface area (TPSA) is 156 Å². The van der Waals surface area contributed by atoms with Crippen molar-refractivity contribution in [2.75, 3.05) is 21.9 Å². The third kappa shape index (κ3) is 6.07. The molecule has 0 bridgehead atoms. The van der Waals surface area contributed by atoms with Gasteiger partial charge in [0.2, 0.25) is 5.95 Å². The maximum absolute atomic E-state index is 13.0. The van der Waals surface area contributed by atoms with Crippen LogP contribution in [0, 0.1) is 6.92 Å². The smallest absolute Gasteiger partial charge is 0.264 e. The largest absolute Gasteiger partial charge is 0.495 e. The van der Waals surface area contributed by atoms with Gasteiger partial charge in [-0.2, -0.15) is 0 Å². The number of benzene rings is 3. The van der Waals surface area contributed by atoms with Gasteiger partial charge < -0.3 is 10.1 Å². The minimum atomic E-state index is -4.03. The zero-order valence-corrected chi connectivity index (χ0v) is 21.9. The zero-order valence-electron chi connectivity index (χ0n) is 20.2. The molecule has 0 saturated heterocycles. The minimum absolute atomic E-state index is 0.0605. The Morgan fingerprint density at radius 3 is 2.11 bits per heavy atom. The number of amides is 1. The standard InChI is InChI=1S/C25H23N5O6S2/c1-17-8-11-20(38(34,35)29-22-6-3-4-7-23(22)36-2)16-21(17)24(31)28-18-9-12-19(13-10-18)37(32,33)30-25-26-14-5-15-27-25/h3-16,29H,1-2H3,(H,28,31)(H,26,27,30). The van der Waals surface area contributed by atoms with Crippen LogP contribution >= 0.6 is 0 Å². The average Bonchev–Trinajstić information content (AvgIpc) is 2.89. The van der Waals surface area contributed by atoms with Gasteiger partial charge in [-0.05, 0) is 67.1 Å². The van der Waals surface area contributed by atoms with Crippen molar-refractivity contribution in [1.29, 1.82) is 0 Å². The Bertz CT molecular complexity index is 1680. The Labute approximate surface area is 220 Å². The molecule has 0 aliphatic heterocycles. The number of hydrogen-bond donors (Lipinski definition) is 3. The number of aromatic nitrogens is 2. The second-order valence-corrected chi connectivity index (χ2v) is 11.3. The van der Waals surface area contributed by atoms with Crippen molar-refractivity contribution >= 4 is 43.3 Å². The van der Waals surface area contributed by atoms with Crippen molar-refractivity contribution in [1.82, 2.24) is 9.97 Å². The fraction of sp³-hybridized carbons (Fsp3) is 0.0800. The molecule has 0 spiro atoms. The number of hydrogen-bond acceptors (Lipinski definition) is 8. The van der Waals surface area contributed by atoms with Crippen molar-refractivity contribution in [3.63, 3.8) is 0 Å². The number of para-hydroxylation sites is 2. The summed E-state index contributed by atoms with van der Waals surface area (Å²) in [7, 11) is -6.55. The molecule has 1 aromatic heterocycles. The summed E-state index contributed by atoms with van der Waals surface area (Å²) in [6.45, 7) is 1.67. The third-order valence-electron chi connectivity index (χ3n) is 5.33. The predicted octanol–water partition coefficient (Wildman–Crippen LogP) is 3.65. The van der Waals surface area contributed by atoms with E-state index in [9.17, 15) is 21.6 Å². The molecule has 3 N–H and O–H groups in total. The maximum Gasteiger partial charge on any atom is 0.264 e. The summed E-state index contributed by atoms with van der Waals surface area (Å²) in [6.07, 6.45) is 2.81. The van der Waals surface area contributed by atoms with Gasteiger partial charge in [0.15, 0.2) is 0 Å². The summed E-state index contributed by atoms with van der Waals surface area (Å²) in [4.78, 5) is 20.5. The highest BCUT2D eigenvalue weighted by atomic mass is 32.2. The van der Waals surface area contributed by atoms with E-state index in [1.165, 1.54) is 62.0 Å². The van der Waals surface area contributed by atoms with E-state index in [0.717, 1.165) is 0 Å². The Kier molecular flexibility index (Phi) is 7.60. The number of rotatable bonds is 9. The van der Waals surface area contributed by atoms with Gasteiger partial charge >= 0.3 is 0 Å². The SMILES string of the molecule is COc1ccccc1NS(=O)(=O)c1ccc(C)c(C(=O)Nc2ccc(S(=O)(=O)Nc3ncccn3)cc2)c1. The van der Waals surface area contributed by atoms with Crippen LogP contribution in [0.15, 0.2) is 95.0 Å². The highest BCUT2D eigenvalue weighted by Crippen LogP contribution is 2.27. The summed E-state index contributed by atoms with van der Waals surface area (Å²) >= 11 is 0. The van der Waals surface area contributed by atoms with Crippen LogP contribution in [-0.2, 0) is 20.0 Å². The number of ether oxygens (including phenoxy) is 1. The lowest BCUT2D eigenvalue weighted by molar-refractivity contribution is 0.102. The number of methoxy groups -OCH3 is 1. The Balaban J connectivity index is 1.51. The Morgan fingerprint density at radius 2 is 1.42 bits per heavy atom. The number of nitrogens with one attached hydrogen (secondary N) is 3. The zero-order chi connectivity index (χ0) is 27.3. The molecular weight excluding hydrogens is 530 g/mol.